The van der Waals surface area contributed by atoms with E-state index in [-0.39, 0.29) is 46.7 Å². The third-order valence-corrected chi connectivity index (χ3v) is 8.74. The van der Waals surface area contributed by atoms with Crippen LogP contribution in [0.4, 0.5) is 14.6 Å². The third-order valence-electron chi connectivity index (χ3n) is 6.33. The van der Waals surface area contributed by atoms with Gasteiger partial charge in [0.25, 0.3) is 0 Å². The Balaban J connectivity index is 1.22. The van der Waals surface area contributed by atoms with E-state index >= 15 is 0 Å². The zero-order valence-corrected chi connectivity index (χ0v) is 23.0. The smallest absolute Gasteiger partial charge is 0.302 e. The molecule has 3 heterocycles. The monoisotopic (exact) mass is 589 g/mol. The van der Waals surface area contributed by atoms with Crippen molar-refractivity contribution in [1.82, 2.24) is 19.2 Å². The Morgan fingerprint density at radius 3 is 2.60 bits per heavy atom. The zero-order valence-electron chi connectivity index (χ0n) is 21.3. The molecule has 0 unspecified atom stereocenters. The lowest BCUT2D eigenvalue weighted by molar-refractivity contribution is 0.181. The predicted molar refractivity (Wildman–Crippen MR) is 146 cm³/mol. The second-order valence-corrected chi connectivity index (χ2v) is 11.6. The first-order chi connectivity index (χ1) is 19.2. The topological polar surface area (TPSA) is 118 Å². The van der Waals surface area contributed by atoms with Crippen molar-refractivity contribution in [2.24, 2.45) is 0 Å². The van der Waals surface area contributed by atoms with Crippen LogP contribution in [0, 0.1) is 11.6 Å². The number of methoxy groups -OCH3 is 1. The standard InChI is InChI=1S/C26H25F2N5O5S2/c1-37-23-13-22(29-26(30-23)39-16-17-5-4-7-20(27)24(17)28)31-40(35,36)33-11-9-32(10-12-33)14-18-15-38-21-8-3-2-6-19(21)25(18)34/h2-8,13,15H,9-12,14,16H2,1H3,(H,29,30,31). The summed E-state index contributed by atoms with van der Waals surface area (Å²) in [6.45, 7) is 1.53. The van der Waals surface area contributed by atoms with Crippen molar-refractivity contribution >= 4 is 38.8 Å². The number of halogens is 2. The molecule has 40 heavy (non-hydrogen) atoms. The maximum absolute atomic E-state index is 14.0. The molecule has 1 fully saturated rings. The van der Waals surface area contributed by atoms with Crippen molar-refractivity contribution in [2.75, 3.05) is 38.0 Å². The Morgan fingerprint density at radius 1 is 1.05 bits per heavy atom. The fourth-order valence-electron chi connectivity index (χ4n) is 4.22. The number of hydrogen-bond donors (Lipinski definition) is 1. The van der Waals surface area contributed by atoms with Crippen LogP contribution < -0.4 is 14.9 Å². The molecule has 0 amide bonds. The molecule has 0 aliphatic carbocycles. The van der Waals surface area contributed by atoms with E-state index in [2.05, 4.69) is 14.7 Å². The Morgan fingerprint density at radius 2 is 1.82 bits per heavy atom. The van der Waals surface area contributed by atoms with Gasteiger partial charge in [-0.3, -0.25) is 14.4 Å². The first kappa shape index (κ1) is 28.0. The van der Waals surface area contributed by atoms with Crippen molar-refractivity contribution in [2.45, 2.75) is 17.5 Å². The van der Waals surface area contributed by atoms with Gasteiger partial charge in [-0.25, -0.2) is 13.8 Å². The summed E-state index contributed by atoms with van der Waals surface area (Å²) in [4.78, 5) is 23.2. The molecule has 0 bridgehead atoms. The van der Waals surface area contributed by atoms with E-state index in [1.807, 2.05) is 4.90 Å². The number of hydrogen-bond acceptors (Lipinski definition) is 9. The van der Waals surface area contributed by atoms with E-state index < -0.39 is 21.8 Å². The molecule has 1 saturated heterocycles. The first-order valence-corrected chi connectivity index (χ1v) is 14.6. The predicted octanol–water partition coefficient (Wildman–Crippen LogP) is 3.64. The summed E-state index contributed by atoms with van der Waals surface area (Å²) in [5, 5.41) is 0.629. The Kier molecular flexibility index (Phi) is 8.30. The van der Waals surface area contributed by atoms with Crippen LogP contribution in [0.2, 0.25) is 0 Å². The zero-order chi connectivity index (χ0) is 28.3. The van der Waals surface area contributed by atoms with Crippen LogP contribution in [0.3, 0.4) is 0 Å². The van der Waals surface area contributed by atoms with Crippen LogP contribution >= 0.6 is 11.8 Å². The molecule has 0 atom stereocenters. The van der Waals surface area contributed by atoms with Crippen LogP contribution in [0.5, 0.6) is 5.88 Å². The highest BCUT2D eigenvalue weighted by molar-refractivity contribution is 7.98. The van der Waals surface area contributed by atoms with Crippen LogP contribution in [-0.4, -0.2) is 60.9 Å². The van der Waals surface area contributed by atoms with Crippen molar-refractivity contribution in [3.8, 4) is 5.88 Å². The highest BCUT2D eigenvalue weighted by Gasteiger charge is 2.28. The molecular weight excluding hydrogens is 564 g/mol. The minimum atomic E-state index is -3.98. The highest BCUT2D eigenvalue weighted by Crippen LogP contribution is 2.26. The van der Waals surface area contributed by atoms with Gasteiger partial charge in [0, 0.05) is 55.7 Å². The summed E-state index contributed by atoms with van der Waals surface area (Å²) in [5.41, 5.74) is 1.04. The molecule has 14 heteroatoms. The Bertz CT molecular complexity index is 1690. The second-order valence-electron chi connectivity index (χ2n) is 8.95. The molecule has 2 aromatic heterocycles. The fourth-order valence-corrected chi connectivity index (χ4v) is 6.19. The molecule has 1 N–H and O–H groups in total. The minimum Gasteiger partial charge on any atom is -0.481 e. The van der Waals surface area contributed by atoms with Crippen LogP contribution in [0.25, 0.3) is 11.0 Å². The molecule has 210 valence electrons. The lowest BCUT2D eigenvalue weighted by Gasteiger charge is -2.33. The van der Waals surface area contributed by atoms with Crippen molar-refractivity contribution in [3.63, 3.8) is 0 Å². The summed E-state index contributed by atoms with van der Waals surface area (Å²) in [6, 6.07) is 12.2. The normalized spacial score (nSPS) is 14.9. The van der Waals surface area contributed by atoms with Gasteiger partial charge in [0.1, 0.15) is 11.4 Å². The Labute approximate surface area is 233 Å². The van der Waals surface area contributed by atoms with Gasteiger partial charge in [-0.2, -0.15) is 17.7 Å². The summed E-state index contributed by atoms with van der Waals surface area (Å²) in [7, 11) is -2.61. The summed E-state index contributed by atoms with van der Waals surface area (Å²) < 4.78 is 68.3. The van der Waals surface area contributed by atoms with Gasteiger partial charge in [-0.05, 0) is 18.2 Å². The lowest BCUT2D eigenvalue weighted by atomic mass is 10.1. The van der Waals surface area contributed by atoms with Crippen LogP contribution in [-0.2, 0) is 22.5 Å². The molecule has 0 radical (unpaired) electrons. The molecule has 1 aliphatic rings. The number of thioether (sulfide) groups is 1. The average Bonchev–Trinajstić information content (AvgIpc) is 2.95. The van der Waals surface area contributed by atoms with Crippen molar-refractivity contribution < 1.29 is 26.4 Å². The molecule has 2 aromatic carbocycles. The maximum Gasteiger partial charge on any atom is 0.302 e. The summed E-state index contributed by atoms with van der Waals surface area (Å²) >= 11 is 1.01. The number of benzene rings is 2. The van der Waals surface area contributed by atoms with E-state index in [1.54, 1.807) is 24.3 Å². The van der Waals surface area contributed by atoms with Gasteiger partial charge in [0.05, 0.1) is 18.8 Å². The summed E-state index contributed by atoms with van der Waals surface area (Å²) in [6.07, 6.45) is 1.45. The van der Waals surface area contributed by atoms with E-state index in [9.17, 15) is 22.0 Å². The molecule has 4 aromatic rings. The maximum atomic E-state index is 14.0. The van der Waals surface area contributed by atoms with Gasteiger partial charge < -0.3 is 9.15 Å². The molecule has 0 spiro atoms. The number of nitrogens with one attached hydrogen (secondary N) is 1. The van der Waals surface area contributed by atoms with Crippen LogP contribution in [0.1, 0.15) is 11.1 Å². The molecule has 1 aliphatic heterocycles. The van der Waals surface area contributed by atoms with Crippen molar-refractivity contribution in [1.29, 1.82) is 0 Å². The van der Waals surface area contributed by atoms with E-state index in [0.717, 1.165) is 17.8 Å². The van der Waals surface area contributed by atoms with E-state index in [1.165, 1.54) is 35.9 Å². The third kappa shape index (κ3) is 6.25. The number of aromatic nitrogens is 2. The lowest BCUT2D eigenvalue weighted by Crippen LogP contribution is -2.50. The number of para-hydroxylation sites is 1. The van der Waals surface area contributed by atoms with Gasteiger partial charge in [-0.1, -0.05) is 36.0 Å². The second kappa shape index (κ2) is 11.9. The van der Waals surface area contributed by atoms with Gasteiger partial charge >= 0.3 is 10.2 Å². The van der Waals surface area contributed by atoms with Crippen molar-refractivity contribution in [3.05, 3.63) is 87.8 Å². The van der Waals surface area contributed by atoms with Gasteiger partial charge in [0.2, 0.25) is 5.88 Å². The van der Waals surface area contributed by atoms with E-state index in [4.69, 9.17) is 9.15 Å². The Hall–Kier alpha value is -3.59. The molecule has 5 rings (SSSR count). The van der Waals surface area contributed by atoms with E-state index in [0.29, 0.717) is 36.2 Å². The quantitative estimate of drug-likeness (QED) is 0.231. The average molecular weight is 590 g/mol. The number of piperazine rings is 1. The summed E-state index contributed by atoms with van der Waals surface area (Å²) in [5.74, 6) is -1.81. The first-order valence-electron chi connectivity index (χ1n) is 12.2. The number of anilines is 1. The SMILES string of the molecule is COc1cc(NS(=O)(=O)N2CCN(Cc3coc4ccccc4c3=O)CC2)nc(SCc2cccc(F)c2F)n1. The molecule has 0 saturated carbocycles. The fraction of sp³-hybridized carbons (Fsp3) is 0.269. The number of ether oxygens (including phenoxy) is 1. The minimum absolute atomic E-state index is 0.0229. The molecular formula is C26H25F2N5O5S2. The number of fused-ring (bicyclic) bond motifs is 1. The number of nitrogens with zero attached hydrogens (tertiary/aromatic N) is 4. The van der Waals surface area contributed by atoms with Gasteiger partial charge in [-0.15, -0.1) is 0 Å². The highest BCUT2D eigenvalue weighted by atomic mass is 32.2. The largest absolute Gasteiger partial charge is 0.481 e. The molecule has 10 nitrogen and oxygen atoms in total. The number of rotatable bonds is 9. The van der Waals surface area contributed by atoms with Gasteiger partial charge in [0.15, 0.2) is 22.2 Å². The van der Waals surface area contributed by atoms with Crippen LogP contribution in [0.15, 0.2) is 69.2 Å².